The molecule has 0 spiro atoms. The van der Waals surface area contributed by atoms with Gasteiger partial charge in [-0.25, -0.2) is 5.48 Å². The van der Waals surface area contributed by atoms with E-state index in [2.05, 4.69) is 5.48 Å². The maximum Gasteiger partial charge on any atom is 0.187 e. The molecule has 0 amide bonds. The second kappa shape index (κ2) is 10.3. The molecular weight excluding hydrogens is 370 g/mol. The Morgan fingerprint density at radius 2 is 1.48 bits per heavy atom. The van der Waals surface area contributed by atoms with Gasteiger partial charge in [0.25, 0.3) is 0 Å². The van der Waals surface area contributed by atoms with Gasteiger partial charge in [-0.05, 0) is 0 Å². The molecule has 0 aromatic heterocycles. The Morgan fingerprint density at radius 1 is 0.852 bits per heavy atom. The van der Waals surface area contributed by atoms with Gasteiger partial charge in [-0.3, -0.25) is 0 Å². The molecule has 160 valence electrons. The highest BCUT2D eigenvalue weighted by Gasteiger charge is 2.50. The first kappa shape index (κ1) is 22.8. The molecule has 10 atom stereocenters. The number of hydrogen-bond acceptors (Lipinski definition) is 12. The molecule has 27 heavy (non-hydrogen) atoms. The standard InChI is InChI=1S/C15H29NO11/c1-16-24-5-6-9(19)13(8(4-18)26-14(6)23-2)27-15-12(22)11(21)10(20)7(3-17)25-15/h6-22H,3-5H2,1-2H3/t6?,7?,8?,9-,10+,11+,12?,13-,14?,15+/m1/s1. The van der Waals surface area contributed by atoms with Crippen molar-refractivity contribution in [3.63, 3.8) is 0 Å². The maximum absolute atomic E-state index is 10.7. The average molecular weight is 399 g/mol. The average Bonchev–Trinajstić information content (AvgIpc) is 2.68. The van der Waals surface area contributed by atoms with Gasteiger partial charge >= 0.3 is 0 Å². The van der Waals surface area contributed by atoms with Crippen molar-refractivity contribution >= 4 is 0 Å². The van der Waals surface area contributed by atoms with Crippen LogP contribution >= 0.6 is 0 Å². The van der Waals surface area contributed by atoms with Crippen molar-refractivity contribution in [1.82, 2.24) is 5.48 Å². The van der Waals surface area contributed by atoms with E-state index in [9.17, 15) is 30.6 Å². The number of hydroxylamine groups is 1. The molecule has 2 fully saturated rings. The Hall–Kier alpha value is -0.480. The lowest BCUT2D eigenvalue weighted by molar-refractivity contribution is -0.354. The quantitative estimate of drug-likeness (QED) is 0.195. The molecule has 2 aliphatic heterocycles. The minimum atomic E-state index is -1.65. The van der Waals surface area contributed by atoms with Crippen LogP contribution in [0.4, 0.5) is 0 Å². The molecule has 2 rings (SSSR count). The Kier molecular flexibility index (Phi) is 8.73. The number of nitrogens with one attached hydrogen (secondary N) is 1. The molecule has 0 aromatic rings. The van der Waals surface area contributed by atoms with E-state index in [-0.39, 0.29) is 6.61 Å². The van der Waals surface area contributed by atoms with E-state index in [1.165, 1.54) is 14.2 Å². The molecule has 7 N–H and O–H groups in total. The van der Waals surface area contributed by atoms with Gasteiger partial charge < -0.3 is 54.4 Å². The molecule has 2 saturated heterocycles. The molecule has 5 unspecified atom stereocenters. The zero-order chi connectivity index (χ0) is 20.1. The summed E-state index contributed by atoms with van der Waals surface area (Å²) < 4.78 is 21.7. The summed E-state index contributed by atoms with van der Waals surface area (Å²) in [7, 11) is 2.91. The van der Waals surface area contributed by atoms with E-state index in [4.69, 9.17) is 23.8 Å². The molecule has 0 bridgehead atoms. The number of hydrogen-bond donors (Lipinski definition) is 7. The van der Waals surface area contributed by atoms with Gasteiger partial charge in [0.2, 0.25) is 0 Å². The van der Waals surface area contributed by atoms with Crippen LogP contribution in [0.15, 0.2) is 0 Å². The van der Waals surface area contributed by atoms with Gasteiger partial charge in [-0.1, -0.05) is 0 Å². The first-order chi connectivity index (χ1) is 12.9. The summed E-state index contributed by atoms with van der Waals surface area (Å²) in [4.78, 5) is 5.09. The van der Waals surface area contributed by atoms with Gasteiger partial charge in [0.15, 0.2) is 12.6 Å². The second-order valence-corrected chi connectivity index (χ2v) is 6.43. The second-order valence-electron chi connectivity index (χ2n) is 6.43. The normalized spacial score (nSPS) is 45.8. The van der Waals surface area contributed by atoms with E-state index in [0.29, 0.717) is 0 Å². The van der Waals surface area contributed by atoms with Crippen LogP contribution in [0.1, 0.15) is 0 Å². The van der Waals surface area contributed by atoms with E-state index in [0.717, 1.165) is 0 Å². The largest absolute Gasteiger partial charge is 0.394 e. The van der Waals surface area contributed by atoms with Gasteiger partial charge in [-0.15, -0.1) is 0 Å². The van der Waals surface area contributed by atoms with Crippen molar-refractivity contribution in [1.29, 1.82) is 0 Å². The van der Waals surface area contributed by atoms with Gasteiger partial charge in [0, 0.05) is 14.2 Å². The van der Waals surface area contributed by atoms with Crippen LogP contribution in [0.2, 0.25) is 0 Å². The highest BCUT2D eigenvalue weighted by molar-refractivity contribution is 4.93. The topological polar surface area (TPSA) is 180 Å². The summed E-state index contributed by atoms with van der Waals surface area (Å²) in [6, 6.07) is 0. The van der Waals surface area contributed by atoms with E-state index >= 15 is 0 Å². The van der Waals surface area contributed by atoms with Crippen LogP contribution in [0.3, 0.4) is 0 Å². The lowest BCUT2D eigenvalue weighted by Crippen LogP contribution is -2.64. The minimum Gasteiger partial charge on any atom is -0.394 e. The van der Waals surface area contributed by atoms with Crippen molar-refractivity contribution in [2.75, 3.05) is 34.0 Å². The van der Waals surface area contributed by atoms with Crippen LogP contribution < -0.4 is 5.48 Å². The van der Waals surface area contributed by atoms with Crippen LogP contribution in [0.25, 0.3) is 0 Å². The summed E-state index contributed by atoms with van der Waals surface area (Å²) >= 11 is 0. The molecule has 2 aliphatic rings. The minimum absolute atomic E-state index is 0.0110. The van der Waals surface area contributed by atoms with E-state index < -0.39 is 74.4 Å². The van der Waals surface area contributed by atoms with E-state index in [1.807, 2.05) is 0 Å². The summed E-state index contributed by atoms with van der Waals surface area (Å²) in [6.07, 6.45) is -11.8. The molecular formula is C15H29NO11. The fourth-order valence-corrected chi connectivity index (χ4v) is 3.21. The van der Waals surface area contributed by atoms with Crippen molar-refractivity contribution in [3.8, 4) is 0 Å². The van der Waals surface area contributed by atoms with Crippen molar-refractivity contribution in [2.45, 2.75) is 55.3 Å². The first-order valence-corrected chi connectivity index (χ1v) is 8.61. The number of rotatable bonds is 8. The Labute approximate surface area is 156 Å². The van der Waals surface area contributed by atoms with Gasteiger partial charge in [-0.2, -0.15) is 0 Å². The summed E-state index contributed by atoms with van der Waals surface area (Å²) in [5, 5.41) is 59.4. The van der Waals surface area contributed by atoms with Crippen LogP contribution in [-0.2, 0) is 23.8 Å². The Balaban J connectivity index is 2.15. The zero-order valence-electron chi connectivity index (χ0n) is 15.1. The molecule has 0 aliphatic carbocycles. The van der Waals surface area contributed by atoms with Crippen LogP contribution in [0, 0.1) is 5.92 Å². The van der Waals surface area contributed by atoms with Crippen molar-refractivity contribution < 1.29 is 54.4 Å². The number of aliphatic hydroxyl groups is 6. The molecule has 0 saturated carbocycles. The number of aliphatic hydroxyl groups excluding tert-OH is 6. The predicted octanol–water partition coefficient (Wildman–Crippen LogP) is -4.34. The van der Waals surface area contributed by atoms with Crippen LogP contribution in [0.5, 0.6) is 0 Å². The lowest BCUT2D eigenvalue weighted by atomic mass is 9.91. The van der Waals surface area contributed by atoms with Gasteiger partial charge in [0.05, 0.1) is 31.8 Å². The molecule has 12 nitrogen and oxygen atoms in total. The van der Waals surface area contributed by atoms with Gasteiger partial charge in [0.1, 0.15) is 36.6 Å². The third kappa shape index (κ3) is 4.93. The Morgan fingerprint density at radius 3 is 2.04 bits per heavy atom. The van der Waals surface area contributed by atoms with Crippen molar-refractivity contribution in [2.24, 2.45) is 5.92 Å². The first-order valence-electron chi connectivity index (χ1n) is 8.61. The predicted molar refractivity (Wildman–Crippen MR) is 85.9 cm³/mol. The highest BCUT2D eigenvalue weighted by atomic mass is 16.7. The lowest BCUT2D eigenvalue weighted by Gasteiger charge is -2.46. The molecule has 0 aromatic carbocycles. The Bertz CT molecular complexity index is 442. The zero-order valence-corrected chi connectivity index (χ0v) is 15.1. The highest BCUT2D eigenvalue weighted by Crippen LogP contribution is 2.32. The summed E-state index contributed by atoms with van der Waals surface area (Å²) in [5.41, 5.74) is 2.47. The fraction of sp³-hybridized carbons (Fsp3) is 1.00. The smallest absolute Gasteiger partial charge is 0.187 e. The molecule has 12 heteroatoms. The van der Waals surface area contributed by atoms with Crippen LogP contribution in [-0.4, -0.2) is 120 Å². The molecule has 2 heterocycles. The number of ether oxygens (including phenoxy) is 4. The monoisotopic (exact) mass is 399 g/mol. The molecule has 0 radical (unpaired) electrons. The third-order valence-electron chi connectivity index (χ3n) is 4.77. The van der Waals surface area contributed by atoms with E-state index in [1.54, 1.807) is 0 Å². The third-order valence-corrected chi connectivity index (χ3v) is 4.77. The number of methoxy groups -OCH3 is 1. The summed E-state index contributed by atoms with van der Waals surface area (Å²) in [5.74, 6) is -0.708. The SMILES string of the molecule is CNOCC1C(OC)OC(CO)[C@@H](O[C@@H]2OC(CO)[C@H](O)[C@H](O)C2O)[C@@H]1O. The maximum atomic E-state index is 10.7. The summed E-state index contributed by atoms with van der Waals surface area (Å²) in [6.45, 7) is -1.16. The van der Waals surface area contributed by atoms with Crippen molar-refractivity contribution in [3.05, 3.63) is 0 Å². The fourth-order valence-electron chi connectivity index (χ4n) is 3.21.